The van der Waals surface area contributed by atoms with Gasteiger partial charge in [-0.15, -0.1) is 0 Å². The van der Waals surface area contributed by atoms with Gasteiger partial charge in [0.25, 0.3) is 5.91 Å². The maximum Gasteiger partial charge on any atom is 0.251 e. The lowest BCUT2D eigenvalue weighted by atomic mass is 9.71. The quantitative estimate of drug-likeness (QED) is 0.374. The molecule has 4 saturated heterocycles. The van der Waals surface area contributed by atoms with E-state index in [-0.39, 0.29) is 11.3 Å². The van der Waals surface area contributed by atoms with Gasteiger partial charge in [0.2, 0.25) is 11.8 Å². The summed E-state index contributed by atoms with van der Waals surface area (Å²) in [5, 5.41) is 22.9. The number of likely N-dealkylation sites (tertiary alicyclic amines) is 1. The number of aliphatic hydroxyl groups is 1. The molecule has 13 nitrogen and oxygen atoms in total. The SMILES string of the molecule is COc1nc(Nc2nccc(-c3ccc(N4CCC5(CC4)CN(C(=O)[C@H](C)O)C5)c(C#N)c3)n2)ccc1N1CCN(C2COC2)CC1. The first kappa shape index (κ1) is 31.1. The number of methoxy groups -OCH3 is 1. The van der Waals surface area contributed by atoms with Crippen LogP contribution in [0.4, 0.5) is 23.1 Å². The molecular weight excluding hydrogens is 598 g/mol. The monoisotopic (exact) mass is 639 g/mol. The van der Waals surface area contributed by atoms with Crippen molar-refractivity contribution in [3.05, 3.63) is 48.2 Å². The van der Waals surface area contributed by atoms with Gasteiger partial charge in [-0.3, -0.25) is 9.69 Å². The summed E-state index contributed by atoms with van der Waals surface area (Å²) in [6.07, 6.45) is 2.62. The lowest BCUT2D eigenvalue weighted by molar-refractivity contribution is -0.153. The number of nitrogens with one attached hydrogen (secondary N) is 1. The van der Waals surface area contributed by atoms with Crippen molar-refractivity contribution in [3.8, 4) is 23.2 Å². The van der Waals surface area contributed by atoms with Crippen LogP contribution in [0.1, 0.15) is 25.3 Å². The lowest BCUT2D eigenvalue weighted by Crippen LogP contribution is -2.63. The van der Waals surface area contributed by atoms with Crippen molar-refractivity contribution < 1.29 is 19.4 Å². The van der Waals surface area contributed by atoms with E-state index >= 15 is 0 Å². The van der Waals surface area contributed by atoms with E-state index in [9.17, 15) is 15.2 Å². The second kappa shape index (κ2) is 12.9. The lowest BCUT2D eigenvalue weighted by Gasteiger charge is -2.54. The number of ether oxygens (including phenoxy) is 2. The maximum absolute atomic E-state index is 12.1. The Morgan fingerprint density at radius 1 is 1.04 bits per heavy atom. The number of hydrogen-bond donors (Lipinski definition) is 2. The molecule has 6 heterocycles. The van der Waals surface area contributed by atoms with E-state index < -0.39 is 6.10 Å². The molecule has 47 heavy (non-hydrogen) atoms. The van der Waals surface area contributed by atoms with Gasteiger partial charge in [-0.2, -0.15) is 10.2 Å². The fraction of sp³-hybridized carbons (Fsp3) is 0.500. The number of rotatable bonds is 8. The second-order valence-electron chi connectivity index (χ2n) is 13.0. The van der Waals surface area contributed by atoms with Gasteiger partial charge < -0.3 is 34.6 Å². The molecule has 0 radical (unpaired) electrons. The third-order valence-corrected chi connectivity index (χ3v) is 10.0. The van der Waals surface area contributed by atoms with Gasteiger partial charge in [-0.05, 0) is 50.1 Å². The van der Waals surface area contributed by atoms with Crippen LogP contribution in [-0.4, -0.2) is 121 Å². The Labute approximate surface area is 274 Å². The van der Waals surface area contributed by atoms with Crippen molar-refractivity contribution in [3.63, 3.8) is 0 Å². The van der Waals surface area contributed by atoms with Crippen LogP contribution in [0.5, 0.6) is 5.88 Å². The highest BCUT2D eigenvalue weighted by molar-refractivity contribution is 5.81. The van der Waals surface area contributed by atoms with Gasteiger partial charge >= 0.3 is 0 Å². The topological polar surface area (TPSA) is 143 Å². The van der Waals surface area contributed by atoms with Crippen LogP contribution < -0.4 is 19.9 Å². The van der Waals surface area contributed by atoms with Crippen molar-refractivity contribution in [2.24, 2.45) is 5.41 Å². The van der Waals surface area contributed by atoms with Gasteiger partial charge in [0.05, 0.1) is 43.3 Å². The summed E-state index contributed by atoms with van der Waals surface area (Å²) < 4.78 is 11.0. The molecule has 1 spiro atoms. The third kappa shape index (κ3) is 6.28. The number of hydrogen-bond acceptors (Lipinski definition) is 12. The molecule has 0 unspecified atom stereocenters. The van der Waals surface area contributed by atoms with Gasteiger partial charge in [0, 0.05) is 69.5 Å². The number of aliphatic hydroxyl groups excluding tert-OH is 1. The fourth-order valence-corrected chi connectivity index (χ4v) is 7.13. The average Bonchev–Trinajstić information content (AvgIpc) is 3.06. The Balaban J connectivity index is 0.996. The number of amides is 1. The minimum Gasteiger partial charge on any atom is -0.479 e. The van der Waals surface area contributed by atoms with E-state index in [0.717, 1.165) is 82.3 Å². The summed E-state index contributed by atoms with van der Waals surface area (Å²) in [4.78, 5) is 34.8. The molecule has 0 aliphatic carbocycles. The predicted octanol–water partition coefficient (Wildman–Crippen LogP) is 2.49. The van der Waals surface area contributed by atoms with Crippen LogP contribution in [0.2, 0.25) is 0 Å². The van der Waals surface area contributed by atoms with E-state index in [0.29, 0.717) is 48.0 Å². The molecule has 0 bridgehead atoms. The Hall–Kier alpha value is -4.51. The van der Waals surface area contributed by atoms with Gasteiger partial charge in [0.1, 0.15) is 23.7 Å². The first-order valence-electron chi connectivity index (χ1n) is 16.3. The number of carbonyl (C=O) groups excluding carboxylic acids is 1. The average molecular weight is 640 g/mol. The number of piperidine rings is 1. The zero-order valence-electron chi connectivity index (χ0n) is 26.9. The van der Waals surface area contributed by atoms with Crippen LogP contribution in [0.15, 0.2) is 42.6 Å². The van der Waals surface area contributed by atoms with E-state index in [1.165, 1.54) is 6.92 Å². The second-order valence-corrected chi connectivity index (χ2v) is 13.0. The maximum atomic E-state index is 12.1. The number of benzene rings is 1. The van der Waals surface area contributed by atoms with Crippen molar-refractivity contribution in [2.75, 3.05) is 87.8 Å². The first-order valence-corrected chi connectivity index (χ1v) is 16.3. The Kier molecular flexibility index (Phi) is 8.57. The molecule has 1 amide bonds. The third-order valence-electron chi connectivity index (χ3n) is 10.0. The summed E-state index contributed by atoms with van der Waals surface area (Å²) in [5.74, 6) is 1.33. The first-order chi connectivity index (χ1) is 22.8. The number of nitrogens with zero attached hydrogens (tertiary/aromatic N) is 8. The Bertz CT molecular complexity index is 1650. The highest BCUT2D eigenvalue weighted by atomic mass is 16.5. The molecule has 246 valence electrons. The van der Waals surface area contributed by atoms with Gasteiger partial charge in [-0.1, -0.05) is 6.07 Å². The molecule has 3 aromatic rings. The smallest absolute Gasteiger partial charge is 0.251 e. The number of carbonyl (C=O) groups is 1. The van der Waals surface area contributed by atoms with Gasteiger partial charge in [0.15, 0.2) is 0 Å². The molecule has 0 saturated carbocycles. The number of pyridine rings is 1. The standard InChI is InChI=1S/C34H41N9O4/c1-23(44)32(45)43-21-34(22-43)8-11-41(12-9-34)28-4-3-24(17-25(28)18-35)27-7-10-36-33(37-27)39-30-6-5-29(31(38-30)46-2)42-15-13-40(14-16-42)26-19-47-20-26/h3-7,10,17,23,26,44H,8-9,11-16,19-22H2,1-2H3,(H,36,37,38,39)/t23-/m0/s1. The normalized spacial score (nSPS) is 20.3. The number of anilines is 4. The minimum absolute atomic E-state index is 0.109. The highest BCUT2D eigenvalue weighted by Crippen LogP contribution is 2.42. The van der Waals surface area contributed by atoms with Crippen molar-refractivity contribution in [2.45, 2.75) is 31.9 Å². The van der Waals surface area contributed by atoms with Crippen LogP contribution >= 0.6 is 0 Å². The Morgan fingerprint density at radius 2 is 1.77 bits per heavy atom. The largest absolute Gasteiger partial charge is 0.479 e. The molecule has 2 aromatic heterocycles. The van der Waals surface area contributed by atoms with E-state index in [1.807, 2.05) is 36.4 Å². The van der Waals surface area contributed by atoms with Crippen LogP contribution in [0.3, 0.4) is 0 Å². The molecule has 4 aliphatic heterocycles. The van der Waals surface area contributed by atoms with Crippen LogP contribution in [0, 0.1) is 16.7 Å². The predicted molar refractivity (Wildman–Crippen MR) is 177 cm³/mol. The van der Waals surface area contributed by atoms with Crippen LogP contribution in [0.25, 0.3) is 11.3 Å². The Morgan fingerprint density at radius 3 is 2.43 bits per heavy atom. The molecule has 7 rings (SSSR count). The van der Waals surface area contributed by atoms with E-state index in [1.54, 1.807) is 18.2 Å². The molecule has 13 heteroatoms. The fourth-order valence-electron chi connectivity index (χ4n) is 7.13. The summed E-state index contributed by atoms with van der Waals surface area (Å²) in [6.45, 7) is 9.97. The molecular formula is C34H41N9O4. The van der Waals surface area contributed by atoms with Gasteiger partial charge in [-0.25, -0.2) is 9.97 Å². The summed E-state index contributed by atoms with van der Waals surface area (Å²) in [7, 11) is 1.63. The molecule has 4 aliphatic rings. The molecule has 1 aromatic carbocycles. The zero-order valence-corrected chi connectivity index (χ0v) is 26.9. The number of nitriles is 1. The number of piperazine rings is 1. The summed E-state index contributed by atoms with van der Waals surface area (Å²) in [6, 6.07) is 14.6. The van der Waals surface area contributed by atoms with Crippen molar-refractivity contribution >= 4 is 29.0 Å². The minimum atomic E-state index is -0.956. The van der Waals surface area contributed by atoms with Crippen molar-refractivity contribution in [1.82, 2.24) is 24.8 Å². The molecule has 4 fully saturated rings. The van der Waals surface area contributed by atoms with Crippen molar-refractivity contribution in [1.29, 1.82) is 5.26 Å². The summed E-state index contributed by atoms with van der Waals surface area (Å²) in [5.41, 5.74) is 4.09. The zero-order chi connectivity index (χ0) is 32.5. The molecule has 2 N–H and O–H groups in total. The van der Waals surface area contributed by atoms with E-state index in [2.05, 4.69) is 31.1 Å². The van der Waals surface area contributed by atoms with E-state index in [4.69, 9.17) is 19.4 Å². The molecule has 1 atom stereocenters. The number of aromatic nitrogens is 3. The van der Waals surface area contributed by atoms with Crippen LogP contribution in [-0.2, 0) is 9.53 Å². The highest BCUT2D eigenvalue weighted by Gasteiger charge is 2.47. The summed E-state index contributed by atoms with van der Waals surface area (Å²) >= 11 is 0.